The first-order valence-electron chi connectivity index (χ1n) is 10.8. The van der Waals surface area contributed by atoms with Crippen molar-refractivity contribution >= 4 is 10.8 Å². The number of para-hydroxylation sites is 1. The molecule has 4 aromatic rings. The van der Waals surface area contributed by atoms with E-state index in [9.17, 15) is 4.79 Å². The van der Waals surface area contributed by atoms with Gasteiger partial charge in [0.15, 0.2) is 0 Å². The van der Waals surface area contributed by atoms with E-state index in [0.717, 1.165) is 22.5 Å². The van der Waals surface area contributed by atoms with Crippen molar-refractivity contribution in [2.75, 3.05) is 0 Å². The number of fused-ring (bicyclic) bond motifs is 3. The second kappa shape index (κ2) is 6.70. The van der Waals surface area contributed by atoms with Gasteiger partial charge in [-0.05, 0) is 51.8 Å². The molecule has 3 aromatic carbocycles. The van der Waals surface area contributed by atoms with Crippen molar-refractivity contribution in [2.45, 2.75) is 46.5 Å². The SMILES string of the molecule is Cc1cc(=O)n(-c2c(C(C)C)cccc2C(C)C)c2c1-c1cccc3cccc-2c13. The zero-order valence-electron chi connectivity index (χ0n) is 18.3. The number of nitrogens with zero attached hydrogens (tertiary/aromatic N) is 1. The molecule has 5 rings (SSSR count). The lowest BCUT2D eigenvalue weighted by Gasteiger charge is -2.24. The van der Waals surface area contributed by atoms with Gasteiger partial charge in [0.25, 0.3) is 5.56 Å². The van der Waals surface area contributed by atoms with E-state index in [2.05, 4.69) is 89.2 Å². The average Bonchev–Trinajstić information content (AvgIpc) is 3.05. The van der Waals surface area contributed by atoms with Crippen LogP contribution < -0.4 is 5.56 Å². The summed E-state index contributed by atoms with van der Waals surface area (Å²) < 4.78 is 2.00. The van der Waals surface area contributed by atoms with Crippen LogP contribution in [0.25, 0.3) is 38.8 Å². The van der Waals surface area contributed by atoms with Gasteiger partial charge in [0, 0.05) is 17.2 Å². The van der Waals surface area contributed by atoms with Gasteiger partial charge in [-0.1, -0.05) is 82.3 Å². The Bertz CT molecular complexity index is 1340. The first kappa shape index (κ1) is 18.9. The van der Waals surface area contributed by atoms with Gasteiger partial charge in [-0.3, -0.25) is 9.36 Å². The van der Waals surface area contributed by atoms with E-state index >= 15 is 0 Å². The highest BCUT2D eigenvalue weighted by atomic mass is 16.1. The first-order valence-corrected chi connectivity index (χ1v) is 10.8. The highest BCUT2D eigenvalue weighted by molar-refractivity contribution is 6.15. The summed E-state index contributed by atoms with van der Waals surface area (Å²) in [6.07, 6.45) is 0. The predicted molar refractivity (Wildman–Crippen MR) is 127 cm³/mol. The van der Waals surface area contributed by atoms with Gasteiger partial charge in [0.05, 0.1) is 11.4 Å². The Morgan fingerprint density at radius 2 is 1.33 bits per heavy atom. The molecule has 0 saturated heterocycles. The standard InChI is InChI=1S/C28H27NO/c1-16(2)20-11-8-12-21(17(3)4)27(20)29-24(30)15-18(5)25-22-13-6-9-19-10-7-14-23(26(19)22)28(25)29/h6-17H,1-5H3. The third-order valence-corrected chi connectivity index (χ3v) is 6.41. The van der Waals surface area contributed by atoms with Crippen LogP contribution in [0.15, 0.2) is 65.5 Å². The van der Waals surface area contributed by atoms with Gasteiger partial charge >= 0.3 is 0 Å². The summed E-state index contributed by atoms with van der Waals surface area (Å²) in [7, 11) is 0. The molecule has 0 bridgehead atoms. The number of rotatable bonds is 3. The van der Waals surface area contributed by atoms with E-state index in [1.54, 1.807) is 0 Å². The van der Waals surface area contributed by atoms with Gasteiger partial charge in [0.2, 0.25) is 0 Å². The molecule has 2 nitrogen and oxygen atoms in total. The van der Waals surface area contributed by atoms with Gasteiger partial charge in [-0.15, -0.1) is 0 Å². The predicted octanol–water partition coefficient (Wildman–Crippen LogP) is 7.19. The summed E-state index contributed by atoms with van der Waals surface area (Å²) in [6.45, 7) is 10.9. The quantitative estimate of drug-likeness (QED) is 0.318. The Hall–Kier alpha value is -3.13. The van der Waals surface area contributed by atoms with Crippen LogP contribution in [0.3, 0.4) is 0 Å². The summed E-state index contributed by atoms with van der Waals surface area (Å²) in [5.74, 6) is 0.643. The van der Waals surface area contributed by atoms with Gasteiger partial charge in [-0.25, -0.2) is 0 Å². The Morgan fingerprint density at radius 1 is 0.767 bits per heavy atom. The van der Waals surface area contributed by atoms with Crippen molar-refractivity contribution in [3.05, 3.63) is 87.7 Å². The monoisotopic (exact) mass is 393 g/mol. The zero-order chi connectivity index (χ0) is 21.2. The molecule has 0 radical (unpaired) electrons. The smallest absolute Gasteiger partial charge is 0.255 e. The third kappa shape index (κ3) is 2.53. The Labute approximate surface area is 177 Å². The lowest BCUT2D eigenvalue weighted by atomic mass is 9.91. The molecule has 1 aliphatic carbocycles. The summed E-state index contributed by atoms with van der Waals surface area (Å²) in [6, 6.07) is 21.2. The van der Waals surface area contributed by atoms with E-state index in [1.165, 1.54) is 33.0 Å². The molecule has 1 heterocycles. The van der Waals surface area contributed by atoms with Crippen molar-refractivity contribution in [1.29, 1.82) is 0 Å². The van der Waals surface area contributed by atoms with Gasteiger partial charge in [-0.2, -0.15) is 0 Å². The molecule has 0 amide bonds. The molecular formula is C28H27NO. The number of hydrogen-bond donors (Lipinski definition) is 0. The fourth-order valence-corrected chi connectivity index (χ4v) is 5.06. The highest BCUT2D eigenvalue weighted by Gasteiger charge is 2.29. The van der Waals surface area contributed by atoms with Gasteiger partial charge in [0.1, 0.15) is 0 Å². The molecule has 0 saturated carbocycles. The lowest BCUT2D eigenvalue weighted by molar-refractivity contribution is 0.799. The Kier molecular flexibility index (Phi) is 4.21. The molecular weight excluding hydrogens is 366 g/mol. The number of pyridine rings is 1. The molecule has 30 heavy (non-hydrogen) atoms. The fourth-order valence-electron chi connectivity index (χ4n) is 5.06. The topological polar surface area (TPSA) is 22.0 Å². The molecule has 1 aromatic heterocycles. The van der Waals surface area contributed by atoms with Crippen LogP contribution in [0.1, 0.15) is 56.2 Å². The normalized spacial score (nSPS) is 12.2. The first-order chi connectivity index (χ1) is 14.4. The molecule has 0 unspecified atom stereocenters. The number of benzene rings is 3. The fraction of sp³-hybridized carbons (Fsp3) is 0.250. The van der Waals surface area contributed by atoms with E-state index in [-0.39, 0.29) is 5.56 Å². The number of aryl methyl sites for hydroxylation is 1. The minimum atomic E-state index is 0.0473. The van der Waals surface area contributed by atoms with E-state index in [0.29, 0.717) is 11.8 Å². The maximum atomic E-state index is 13.6. The van der Waals surface area contributed by atoms with Crippen LogP contribution in [-0.4, -0.2) is 4.57 Å². The summed E-state index contributed by atoms with van der Waals surface area (Å²) in [5, 5.41) is 2.48. The van der Waals surface area contributed by atoms with Crippen molar-refractivity contribution in [2.24, 2.45) is 0 Å². The van der Waals surface area contributed by atoms with E-state index in [1.807, 2.05) is 10.6 Å². The van der Waals surface area contributed by atoms with Crippen molar-refractivity contribution in [3.8, 4) is 28.1 Å². The third-order valence-electron chi connectivity index (χ3n) is 6.41. The van der Waals surface area contributed by atoms with Crippen molar-refractivity contribution in [3.63, 3.8) is 0 Å². The van der Waals surface area contributed by atoms with Crippen molar-refractivity contribution < 1.29 is 0 Å². The number of aromatic nitrogens is 1. The molecule has 0 aliphatic heterocycles. The lowest BCUT2D eigenvalue weighted by Crippen LogP contribution is -2.23. The average molecular weight is 394 g/mol. The summed E-state index contributed by atoms with van der Waals surface area (Å²) in [4.78, 5) is 13.6. The Balaban J connectivity index is 2.00. The molecule has 1 aliphatic rings. The number of hydrogen-bond acceptors (Lipinski definition) is 1. The van der Waals surface area contributed by atoms with Gasteiger partial charge < -0.3 is 0 Å². The minimum absolute atomic E-state index is 0.0473. The molecule has 2 heteroatoms. The highest BCUT2D eigenvalue weighted by Crippen LogP contribution is 2.49. The summed E-state index contributed by atoms with van der Waals surface area (Å²) >= 11 is 0. The van der Waals surface area contributed by atoms with E-state index in [4.69, 9.17) is 0 Å². The molecule has 0 atom stereocenters. The van der Waals surface area contributed by atoms with Crippen molar-refractivity contribution in [1.82, 2.24) is 4.57 Å². The minimum Gasteiger partial charge on any atom is -0.276 e. The van der Waals surface area contributed by atoms with Crippen LogP contribution in [0, 0.1) is 6.92 Å². The van der Waals surface area contributed by atoms with E-state index < -0.39 is 0 Å². The molecule has 0 fully saturated rings. The van der Waals surface area contributed by atoms with Crippen LogP contribution in [0.4, 0.5) is 0 Å². The Morgan fingerprint density at radius 3 is 1.93 bits per heavy atom. The second-order valence-electron chi connectivity index (χ2n) is 9.03. The molecule has 150 valence electrons. The van der Waals surface area contributed by atoms with Crippen LogP contribution in [0.2, 0.25) is 0 Å². The van der Waals surface area contributed by atoms with Crippen LogP contribution in [-0.2, 0) is 0 Å². The van der Waals surface area contributed by atoms with Crippen LogP contribution >= 0.6 is 0 Å². The molecule has 0 spiro atoms. The largest absolute Gasteiger partial charge is 0.276 e. The zero-order valence-corrected chi connectivity index (χ0v) is 18.3. The summed E-state index contributed by atoms with van der Waals surface area (Å²) in [5.41, 5.74) is 9.22. The second-order valence-corrected chi connectivity index (χ2v) is 9.03. The molecule has 0 N–H and O–H groups in total. The maximum absolute atomic E-state index is 13.6. The van der Waals surface area contributed by atoms with Crippen LogP contribution in [0.5, 0.6) is 0 Å². The maximum Gasteiger partial charge on any atom is 0.255 e.